The second-order valence-corrected chi connectivity index (χ2v) is 11.6. The van der Waals surface area contributed by atoms with Gasteiger partial charge in [-0.25, -0.2) is 4.98 Å². The van der Waals surface area contributed by atoms with Crippen molar-refractivity contribution < 1.29 is 14.3 Å². The van der Waals surface area contributed by atoms with E-state index in [0.29, 0.717) is 29.6 Å². The zero-order valence-corrected chi connectivity index (χ0v) is 21.6. The first-order valence-corrected chi connectivity index (χ1v) is 13.8. The van der Waals surface area contributed by atoms with E-state index in [0.717, 1.165) is 52.4 Å². The lowest BCUT2D eigenvalue weighted by atomic mass is 10.0. The number of nitrogens with zero attached hydrogens (tertiary/aromatic N) is 2. The summed E-state index contributed by atoms with van der Waals surface area (Å²) in [5.74, 6) is 1.07. The molecule has 2 aliphatic heterocycles. The van der Waals surface area contributed by atoms with Gasteiger partial charge in [0.2, 0.25) is 0 Å². The number of halogens is 1. The summed E-state index contributed by atoms with van der Waals surface area (Å²) in [6, 6.07) is 15.5. The zero-order valence-electron chi connectivity index (χ0n) is 20.1. The quantitative estimate of drug-likeness (QED) is 0.496. The molecule has 36 heavy (non-hydrogen) atoms. The van der Waals surface area contributed by atoms with Crippen LogP contribution in [0.15, 0.2) is 48.5 Å². The van der Waals surface area contributed by atoms with Crippen molar-refractivity contribution in [3.05, 3.63) is 69.8 Å². The lowest BCUT2D eigenvalue weighted by molar-refractivity contribution is -0.127. The SMILES string of the molecule is Cc1nc(C(=O)N2[C@H](CNC(=O)C3Cc4ccccc4O3)C[C@@H]3CCC[C@@H]32)c(-c2cccc(Cl)c2)s1. The third kappa shape index (κ3) is 4.28. The number of nitrogens with one attached hydrogen (secondary N) is 1. The summed E-state index contributed by atoms with van der Waals surface area (Å²) in [7, 11) is 0. The molecule has 6 nitrogen and oxygen atoms in total. The number of thiazole rings is 1. The number of amides is 2. The van der Waals surface area contributed by atoms with Gasteiger partial charge in [-0.3, -0.25) is 9.59 Å². The van der Waals surface area contributed by atoms with Crippen LogP contribution in [0.1, 0.15) is 46.7 Å². The van der Waals surface area contributed by atoms with E-state index in [4.69, 9.17) is 16.3 Å². The number of rotatable bonds is 5. The molecular formula is C28H28ClN3O3S. The maximum atomic E-state index is 14.0. The van der Waals surface area contributed by atoms with Gasteiger partial charge in [0, 0.05) is 24.0 Å². The van der Waals surface area contributed by atoms with E-state index in [2.05, 4.69) is 10.3 Å². The molecule has 1 aliphatic carbocycles. The summed E-state index contributed by atoms with van der Waals surface area (Å²) in [5.41, 5.74) is 2.44. The van der Waals surface area contributed by atoms with Crippen LogP contribution in [0.25, 0.3) is 10.4 Å². The van der Waals surface area contributed by atoms with Crippen LogP contribution in [0.4, 0.5) is 0 Å². The van der Waals surface area contributed by atoms with E-state index >= 15 is 0 Å². The number of carbonyl (C=O) groups excluding carboxylic acids is 2. The Morgan fingerprint density at radius 2 is 2.06 bits per heavy atom. The number of aromatic nitrogens is 1. The van der Waals surface area contributed by atoms with E-state index < -0.39 is 6.10 Å². The van der Waals surface area contributed by atoms with E-state index in [1.54, 1.807) is 0 Å². The maximum Gasteiger partial charge on any atom is 0.274 e. The lowest BCUT2D eigenvalue weighted by Gasteiger charge is -2.30. The standard InChI is InChI=1S/C28H28ClN3O3S/c1-16-31-25(26(36-16)19-8-4-9-20(29)12-19)28(34)32-21(13-17-7-5-10-22(17)32)15-30-27(33)24-14-18-6-2-3-11-23(18)35-24/h2-4,6,8-9,11-12,17,21-22,24H,5,7,10,13-15H2,1H3,(H,30,33)/t17-,21-,22-,24?/m0/s1. The first-order valence-electron chi connectivity index (χ1n) is 12.6. The van der Waals surface area contributed by atoms with Gasteiger partial charge in [-0.1, -0.05) is 48.4 Å². The third-order valence-corrected chi connectivity index (χ3v) is 8.91. The number of hydrogen-bond acceptors (Lipinski definition) is 5. The Hall–Kier alpha value is -2.90. The smallest absolute Gasteiger partial charge is 0.274 e. The van der Waals surface area contributed by atoms with Crippen LogP contribution >= 0.6 is 22.9 Å². The number of ether oxygens (including phenoxy) is 1. The monoisotopic (exact) mass is 521 g/mol. The molecule has 4 atom stereocenters. The number of carbonyl (C=O) groups is 2. The van der Waals surface area contributed by atoms with Crippen LogP contribution in [0, 0.1) is 12.8 Å². The summed E-state index contributed by atoms with van der Waals surface area (Å²) < 4.78 is 5.87. The van der Waals surface area contributed by atoms with Gasteiger partial charge in [0.15, 0.2) is 6.10 Å². The first-order chi connectivity index (χ1) is 17.5. The topological polar surface area (TPSA) is 71.5 Å². The van der Waals surface area contributed by atoms with Crippen molar-refractivity contribution >= 4 is 34.8 Å². The minimum Gasteiger partial charge on any atom is -0.480 e. The number of aryl methyl sites for hydroxylation is 1. The van der Waals surface area contributed by atoms with Crippen molar-refractivity contribution in [3.63, 3.8) is 0 Å². The maximum absolute atomic E-state index is 14.0. The molecule has 0 radical (unpaired) electrons. The lowest BCUT2D eigenvalue weighted by Crippen LogP contribution is -2.48. The zero-order chi connectivity index (χ0) is 24.8. The van der Waals surface area contributed by atoms with Gasteiger partial charge in [-0.05, 0) is 61.4 Å². The number of benzene rings is 2. The van der Waals surface area contributed by atoms with Crippen LogP contribution in [0.3, 0.4) is 0 Å². The molecule has 6 rings (SSSR count). The average molecular weight is 522 g/mol. The van der Waals surface area contributed by atoms with Gasteiger partial charge in [0.25, 0.3) is 11.8 Å². The van der Waals surface area contributed by atoms with E-state index in [1.165, 1.54) is 11.3 Å². The minimum atomic E-state index is -0.525. The van der Waals surface area contributed by atoms with Crippen LogP contribution in [0.2, 0.25) is 5.02 Å². The van der Waals surface area contributed by atoms with Gasteiger partial charge in [0.05, 0.1) is 15.9 Å². The summed E-state index contributed by atoms with van der Waals surface area (Å²) in [6.07, 6.45) is 4.20. The molecule has 0 spiro atoms. The number of likely N-dealkylation sites (tertiary alicyclic amines) is 1. The molecule has 2 aromatic carbocycles. The fourth-order valence-corrected chi connectivity index (χ4v) is 7.17. The molecule has 3 aliphatic rings. The van der Waals surface area contributed by atoms with Crippen molar-refractivity contribution in [2.75, 3.05) is 6.54 Å². The molecule has 3 aromatic rings. The highest BCUT2D eigenvalue weighted by Crippen LogP contribution is 2.43. The van der Waals surface area contributed by atoms with Gasteiger partial charge >= 0.3 is 0 Å². The second-order valence-electron chi connectivity index (χ2n) is 9.94. The predicted molar refractivity (Wildman–Crippen MR) is 141 cm³/mol. The summed E-state index contributed by atoms with van der Waals surface area (Å²) in [4.78, 5) is 34.6. The molecule has 2 amide bonds. The Bertz CT molecular complexity index is 1300. The summed E-state index contributed by atoms with van der Waals surface area (Å²) >= 11 is 7.76. The molecule has 1 saturated heterocycles. The molecule has 1 unspecified atom stereocenters. The van der Waals surface area contributed by atoms with Gasteiger partial charge < -0.3 is 15.0 Å². The normalized spacial score (nSPS) is 24.3. The molecule has 1 saturated carbocycles. The highest BCUT2D eigenvalue weighted by molar-refractivity contribution is 7.15. The Balaban J connectivity index is 1.21. The highest BCUT2D eigenvalue weighted by atomic mass is 35.5. The largest absolute Gasteiger partial charge is 0.480 e. The summed E-state index contributed by atoms with van der Waals surface area (Å²) in [6.45, 7) is 2.35. The Morgan fingerprint density at radius 3 is 2.89 bits per heavy atom. The third-order valence-electron chi connectivity index (χ3n) is 7.65. The molecule has 0 bridgehead atoms. The fraction of sp³-hybridized carbons (Fsp3) is 0.393. The first kappa shape index (κ1) is 23.5. The van der Waals surface area contributed by atoms with Gasteiger partial charge in [0.1, 0.15) is 11.4 Å². The van der Waals surface area contributed by atoms with Gasteiger partial charge in [-0.15, -0.1) is 11.3 Å². The Kier molecular flexibility index (Phi) is 6.21. The van der Waals surface area contributed by atoms with E-state index in [-0.39, 0.29) is 23.9 Å². The number of fused-ring (bicyclic) bond motifs is 2. The fourth-order valence-electron chi connectivity index (χ4n) is 6.07. The van der Waals surface area contributed by atoms with Crippen LogP contribution in [0.5, 0.6) is 5.75 Å². The Labute approximate surface area is 219 Å². The van der Waals surface area contributed by atoms with Crippen LogP contribution < -0.4 is 10.1 Å². The van der Waals surface area contributed by atoms with Gasteiger partial charge in [-0.2, -0.15) is 0 Å². The van der Waals surface area contributed by atoms with Crippen LogP contribution in [-0.2, 0) is 11.2 Å². The van der Waals surface area contributed by atoms with Crippen molar-refractivity contribution in [1.82, 2.24) is 15.2 Å². The average Bonchev–Trinajstić information content (AvgIpc) is 3.64. The molecule has 1 aromatic heterocycles. The molecule has 3 heterocycles. The minimum absolute atomic E-state index is 0.0486. The molecule has 8 heteroatoms. The van der Waals surface area contributed by atoms with Crippen molar-refractivity contribution in [2.24, 2.45) is 5.92 Å². The van der Waals surface area contributed by atoms with E-state index in [1.807, 2.05) is 60.4 Å². The highest BCUT2D eigenvalue weighted by Gasteiger charge is 2.47. The Morgan fingerprint density at radius 1 is 1.19 bits per heavy atom. The number of para-hydroxylation sites is 1. The molecular weight excluding hydrogens is 494 g/mol. The van der Waals surface area contributed by atoms with Crippen molar-refractivity contribution in [3.8, 4) is 16.2 Å². The van der Waals surface area contributed by atoms with E-state index in [9.17, 15) is 9.59 Å². The predicted octanol–water partition coefficient (Wildman–Crippen LogP) is 5.28. The second kappa shape index (κ2) is 9.52. The molecule has 2 fully saturated rings. The van der Waals surface area contributed by atoms with Crippen LogP contribution in [-0.4, -0.2) is 46.4 Å². The molecule has 1 N–H and O–H groups in total. The molecule has 186 valence electrons. The number of hydrogen-bond donors (Lipinski definition) is 1. The summed E-state index contributed by atoms with van der Waals surface area (Å²) in [5, 5.41) is 4.57. The van der Waals surface area contributed by atoms with Crippen molar-refractivity contribution in [1.29, 1.82) is 0 Å². The van der Waals surface area contributed by atoms with Crippen molar-refractivity contribution in [2.45, 2.75) is 57.2 Å².